The number of halogens is 2. The van der Waals surface area contributed by atoms with Crippen LogP contribution in [0.5, 0.6) is 5.75 Å². The number of rotatable bonds is 7. The van der Waals surface area contributed by atoms with Gasteiger partial charge in [-0.1, -0.05) is 15.9 Å². The Bertz CT molecular complexity index is 349. The van der Waals surface area contributed by atoms with Gasteiger partial charge in [-0.15, -0.1) is 0 Å². The molecule has 17 heavy (non-hydrogen) atoms. The van der Waals surface area contributed by atoms with Gasteiger partial charge in [0.05, 0.1) is 12.7 Å². The molecule has 2 N–H and O–H groups in total. The van der Waals surface area contributed by atoms with Gasteiger partial charge < -0.3 is 15.2 Å². The summed E-state index contributed by atoms with van der Waals surface area (Å²) < 4.78 is 24.8. The zero-order valence-electron chi connectivity index (χ0n) is 9.79. The van der Waals surface area contributed by atoms with Crippen molar-refractivity contribution in [3.63, 3.8) is 0 Å². The van der Waals surface area contributed by atoms with Crippen molar-refractivity contribution in [1.82, 2.24) is 0 Å². The van der Waals surface area contributed by atoms with E-state index in [1.54, 1.807) is 12.1 Å². The van der Waals surface area contributed by atoms with Crippen molar-refractivity contribution in [2.75, 3.05) is 19.8 Å². The standard InChI is InChI=1S/C12H17BrFNO2/c1-2-16-10(8-15)5-6-17-12-4-3-9(13)7-11(12)14/h3-4,7,10H,2,5-6,8,15H2,1H3. The molecule has 1 rings (SSSR count). The highest BCUT2D eigenvalue weighted by atomic mass is 79.9. The second-order valence-corrected chi connectivity index (χ2v) is 4.44. The molecule has 1 atom stereocenters. The molecule has 0 saturated carbocycles. The Labute approximate surface area is 109 Å². The van der Waals surface area contributed by atoms with Crippen molar-refractivity contribution >= 4 is 15.9 Å². The van der Waals surface area contributed by atoms with Crippen LogP contribution >= 0.6 is 15.9 Å². The molecule has 0 amide bonds. The molecule has 0 heterocycles. The van der Waals surface area contributed by atoms with Gasteiger partial charge in [-0.25, -0.2) is 4.39 Å². The van der Waals surface area contributed by atoms with Crippen molar-refractivity contribution < 1.29 is 13.9 Å². The molecule has 0 bridgehead atoms. The highest BCUT2D eigenvalue weighted by molar-refractivity contribution is 9.10. The number of nitrogens with two attached hydrogens (primary N) is 1. The molecule has 0 aliphatic heterocycles. The van der Waals surface area contributed by atoms with Crippen LogP contribution in [0.15, 0.2) is 22.7 Å². The van der Waals surface area contributed by atoms with E-state index in [1.807, 2.05) is 6.92 Å². The molecule has 0 aromatic heterocycles. The van der Waals surface area contributed by atoms with E-state index >= 15 is 0 Å². The normalized spacial score (nSPS) is 12.5. The zero-order valence-corrected chi connectivity index (χ0v) is 11.4. The Hall–Kier alpha value is -0.650. The van der Waals surface area contributed by atoms with Crippen LogP contribution in [0.2, 0.25) is 0 Å². The van der Waals surface area contributed by atoms with E-state index in [0.29, 0.717) is 30.7 Å². The van der Waals surface area contributed by atoms with Gasteiger partial charge in [0.25, 0.3) is 0 Å². The van der Waals surface area contributed by atoms with Crippen molar-refractivity contribution in [1.29, 1.82) is 0 Å². The number of hydrogen-bond donors (Lipinski definition) is 1. The highest BCUT2D eigenvalue weighted by Crippen LogP contribution is 2.21. The molecular weight excluding hydrogens is 289 g/mol. The molecular formula is C12H17BrFNO2. The first-order valence-electron chi connectivity index (χ1n) is 5.57. The fourth-order valence-corrected chi connectivity index (χ4v) is 1.73. The van der Waals surface area contributed by atoms with Gasteiger partial charge in [-0.3, -0.25) is 0 Å². The van der Waals surface area contributed by atoms with Crippen molar-refractivity contribution in [3.8, 4) is 5.75 Å². The minimum Gasteiger partial charge on any atom is -0.490 e. The Morgan fingerprint density at radius 1 is 1.47 bits per heavy atom. The predicted octanol–water partition coefficient (Wildman–Crippen LogP) is 2.72. The van der Waals surface area contributed by atoms with Crippen LogP contribution in [0.25, 0.3) is 0 Å². The maximum absolute atomic E-state index is 13.4. The summed E-state index contributed by atoms with van der Waals surface area (Å²) in [6.45, 7) is 3.37. The molecule has 0 aliphatic carbocycles. The van der Waals surface area contributed by atoms with E-state index in [1.165, 1.54) is 6.07 Å². The molecule has 5 heteroatoms. The molecule has 3 nitrogen and oxygen atoms in total. The Morgan fingerprint density at radius 2 is 2.24 bits per heavy atom. The third-order valence-corrected chi connectivity index (χ3v) is 2.75. The Balaban J connectivity index is 2.39. The first-order chi connectivity index (χ1) is 8.17. The first-order valence-corrected chi connectivity index (χ1v) is 6.36. The fourth-order valence-electron chi connectivity index (χ4n) is 1.40. The average molecular weight is 306 g/mol. The van der Waals surface area contributed by atoms with Crippen LogP contribution in [-0.2, 0) is 4.74 Å². The summed E-state index contributed by atoms with van der Waals surface area (Å²) in [7, 11) is 0. The van der Waals surface area contributed by atoms with Gasteiger partial charge in [0.15, 0.2) is 11.6 Å². The second kappa shape index (κ2) is 7.63. The van der Waals surface area contributed by atoms with E-state index in [-0.39, 0.29) is 17.7 Å². The topological polar surface area (TPSA) is 44.5 Å². The van der Waals surface area contributed by atoms with E-state index in [2.05, 4.69) is 15.9 Å². The lowest BCUT2D eigenvalue weighted by Gasteiger charge is -2.15. The van der Waals surface area contributed by atoms with Crippen LogP contribution < -0.4 is 10.5 Å². The lowest BCUT2D eigenvalue weighted by molar-refractivity contribution is 0.0523. The SMILES string of the molecule is CCOC(CN)CCOc1ccc(Br)cc1F. The Morgan fingerprint density at radius 3 is 2.82 bits per heavy atom. The van der Waals surface area contributed by atoms with E-state index in [9.17, 15) is 4.39 Å². The average Bonchev–Trinajstić information content (AvgIpc) is 2.30. The van der Waals surface area contributed by atoms with Gasteiger partial charge in [0.2, 0.25) is 0 Å². The number of benzene rings is 1. The van der Waals surface area contributed by atoms with E-state index < -0.39 is 0 Å². The minimum absolute atomic E-state index is 0.0292. The maximum Gasteiger partial charge on any atom is 0.166 e. The fraction of sp³-hybridized carbons (Fsp3) is 0.500. The van der Waals surface area contributed by atoms with Gasteiger partial charge in [-0.2, -0.15) is 0 Å². The van der Waals surface area contributed by atoms with Crippen LogP contribution in [0.3, 0.4) is 0 Å². The summed E-state index contributed by atoms with van der Waals surface area (Å²) in [5.74, 6) is -0.124. The summed E-state index contributed by atoms with van der Waals surface area (Å²) in [5.41, 5.74) is 5.53. The van der Waals surface area contributed by atoms with E-state index in [0.717, 1.165) is 0 Å². The van der Waals surface area contributed by atoms with Crippen LogP contribution in [0, 0.1) is 5.82 Å². The van der Waals surface area contributed by atoms with Crippen LogP contribution in [-0.4, -0.2) is 25.9 Å². The molecule has 0 saturated heterocycles. The molecule has 0 fully saturated rings. The summed E-state index contributed by atoms with van der Waals surface area (Å²) >= 11 is 3.19. The monoisotopic (exact) mass is 305 g/mol. The summed E-state index contributed by atoms with van der Waals surface area (Å²) in [4.78, 5) is 0. The third-order valence-electron chi connectivity index (χ3n) is 2.26. The smallest absolute Gasteiger partial charge is 0.166 e. The Kier molecular flexibility index (Phi) is 6.47. The summed E-state index contributed by atoms with van der Waals surface area (Å²) in [5, 5.41) is 0. The molecule has 1 aromatic carbocycles. The van der Waals surface area contributed by atoms with Crippen molar-refractivity contribution in [3.05, 3.63) is 28.5 Å². The van der Waals surface area contributed by atoms with Gasteiger partial charge in [0, 0.05) is 24.0 Å². The highest BCUT2D eigenvalue weighted by Gasteiger charge is 2.08. The molecule has 1 unspecified atom stereocenters. The van der Waals surface area contributed by atoms with Crippen molar-refractivity contribution in [2.24, 2.45) is 5.73 Å². The van der Waals surface area contributed by atoms with E-state index in [4.69, 9.17) is 15.2 Å². The molecule has 0 aliphatic rings. The quantitative estimate of drug-likeness (QED) is 0.842. The zero-order chi connectivity index (χ0) is 12.7. The van der Waals surface area contributed by atoms with Crippen LogP contribution in [0.4, 0.5) is 4.39 Å². The number of ether oxygens (including phenoxy) is 2. The lowest BCUT2D eigenvalue weighted by Crippen LogP contribution is -2.25. The molecule has 1 aromatic rings. The summed E-state index contributed by atoms with van der Waals surface area (Å²) in [6, 6.07) is 4.71. The van der Waals surface area contributed by atoms with Crippen molar-refractivity contribution in [2.45, 2.75) is 19.4 Å². The second-order valence-electron chi connectivity index (χ2n) is 3.52. The molecule has 0 radical (unpaired) electrons. The predicted molar refractivity (Wildman–Crippen MR) is 68.7 cm³/mol. The van der Waals surface area contributed by atoms with Gasteiger partial charge in [0.1, 0.15) is 0 Å². The summed E-state index contributed by atoms with van der Waals surface area (Å²) in [6.07, 6.45) is 0.623. The van der Waals surface area contributed by atoms with Gasteiger partial charge in [-0.05, 0) is 25.1 Å². The minimum atomic E-state index is -0.375. The molecule has 96 valence electrons. The third kappa shape index (κ3) is 5.02. The van der Waals surface area contributed by atoms with Crippen LogP contribution in [0.1, 0.15) is 13.3 Å². The van der Waals surface area contributed by atoms with Gasteiger partial charge >= 0.3 is 0 Å². The molecule has 0 spiro atoms. The largest absolute Gasteiger partial charge is 0.490 e. The lowest BCUT2D eigenvalue weighted by atomic mass is 10.2. The maximum atomic E-state index is 13.4. The number of hydrogen-bond acceptors (Lipinski definition) is 3. The first kappa shape index (κ1) is 14.4.